The van der Waals surface area contributed by atoms with Crippen molar-refractivity contribution in [2.75, 3.05) is 39.3 Å². The Morgan fingerprint density at radius 1 is 0.952 bits per heavy atom. The van der Waals surface area contributed by atoms with Gasteiger partial charge in [0.25, 0.3) is 0 Å². The second kappa shape index (κ2) is 8.50. The molecule has 0 aromatic carbocycles. The molecule has 21 heavy (non-hydrogen) atoms. The highest BCUT2D eigenvalue weighted by Crippen LogP contribution is 2.18. The second-order valence-corrected chi connectivity index (χ2v) is 7.93. The Labute approximate surface area is 132 Å². The second-order valence-electron chi connectivity index (χ2n) is 7.93. The maximum atomic E-state index is 3.89. The summed E-state index contributed by atoms with van der Waals surface area (Å²) in [5.74, 6) is 1.56. The zero-order valence-corrected chi connectivity index (χ0v) is 14.8. The summed E-state index contributed by atoms with van der Waals surface area (Å²) in [6, 6.07) is 1.48. The van der Waals surface area contributed by atoms with E-state index in [-0.39, 0.29) is 0 Å². The normalized spacial score (nSPS) is 24.3. The molecule has 0 saturated carbocycles. The highest BCUT2D eigenvalue weighted by molar-refractivity contribution is 4.84. The van der Waals surface area contributed by atoms with Crippen LogP contribution in [0.4, 0.5) is 0 Å². The number of nitrogens with one attached hydrogen (secondary N) is 1. The van der Waals surface area contributed by atoms with Crippen molar-refractivity contribution in [3.8, 4) is 0 Å². The number of hydrogen-bond donors (Lipinski definition) is 1. The van der Waals surface area contributed by atoms with Gasteiger partial charge in [0.15, 0.2) is 0 Å². The number of piperidine rings is 1. The molecule has 0 radical (unpaired) electrons. The van der Waals surface area contributed by atoms with Crippen LogP contribution in [-0.4, -0.2) is 61.2 Å². The molecule has 0 bridgehead atoms. The van der Waals surface area contributed by atoms with Gasteiger partial charge in [-0.05, 0) is 63.7 Å². The van der Waals surface area contributed by atoms with Crippen LogP contribution in [0.1, 0.15) is 53.4 Å². The Morgan fingerprint density at radius 3 is 2.10 bits per heavy atom. The van der Waals surface area contributed by atoms with Crippen molar-refractivity contribution in [3.63, 3.8) is 0 Å². The van der Waals surface area contributed by atoms with Gasteiger partial charge in [0, 0.05) is 25.2 Å². The highest BCUT2D eigenvalue weighted by atomic mass is 15.2. The van der Waals surface area contributed by atoms with Crippen LogP contribution in [-0.2, 0) is 0 Å². The Balaban J connectivity index is 1.70. The first kappa shape index (κ1) is 17.2. The molecule has 2 aliphatic rings. The van der Waals surface area contributed by atoms with Crippen LogP contribution in [0.2, 0.25) is 0 Å². The Morgan fingerprint density at radius 2 is 1.57 bits per heavy atom. The SMILES string of the molecule is CC(C)CN1CCC(NCC(C(C)C)N2CCCC2)CC1. The van der Waals surface area contributed by atoms with Gasteiger partial charge in [-0.1, -0.05) is 27.7 Å². The van der Waals surface area contributed by atoms with Crippen LogP contribution in [0, 0.1) is 11.8 Å². The smallest absolute Gasteiger partial charge is 0.0243 e. The lowest BCUT2D eigenvalue weighted by molar-refractivity contribution is 0.154. The maximum absolute atomic E-state index is 3.89. The van der Waals surface area contributed by atoms with E-state index in [0.29, 0.717) is 0 Å². The van der Waals surface area contributed by atoms with E-state index in [2.05, 4.69) is 42.8 Å². The minimum absolute atomic E-state index is 0.737. The summed E-state index contributed by atoms with van der Waals surface area (Å²) < 4.78 is 0. The molecule has 0 aliphatic carbocycles. The van der Waals surface area contributed by atoms with E-state index in [4.69, 9.17) is 0 Å². The van der Waals surface area contributed by atoms with E-state index in [9.17, 15) is 0 Å². The van der Waals surface area contributed by atoms with Gasteiger partial charge in [-0.15, -0.1) is 0 Å². The topological polar surface area (TPSA) is 18.5 Å². The molecule has 2 aliphatic heterocycles. The molecule has 0 amide bonds. The molecular weight excluding hydrogens is 258 g/mol. The number of rotatable bonds is 7. The molecule has 0 spiro atoms. The molecular formula is C18H37N3. The minimum Gasteiger partial charge on any atom is -0.312 e. The van der Waals surface area contributed by atoms with Crippen molar-refractivity contribution in [2.45, 2.75) is 65.5 Å². The fraction of sp³-hybridized carbons (Fsp3) is 1.00. The van der Waals surface area contributed by atoms with Crippen molar-refractivity contribution >= 4 is 0 Å². The van der Waals surface area contributed by atoms with Gasteiger partial charge in [0.05, 0.1) is 0 Å². The number of likely N-dealkylation sites (tertiary alicyclic amines) is 2. The van der Waals surface area contributed by atoms with E-state index in [1.165, 1.54) is 65.0 Å². The molecule has 3 nitrogen and oxygen atoms in total. The molecule has 1 unspecified atom stereocenters. The van der Waals surface area contributed by atoms with Gasteiger partial charge >= 0.3 is 0 Å². The number of nitrogens with zero attached hydrogens (tertiary/aromatic N) is 2. The molecule has 3 heteroatoms. The van der Waals surface area contributed by atoms with Gasteiger partial charge in [0.1, 0.15) is 0 Å². The lowest BCUT2D eigenvalue weighted by Gasteiger charge is -2.36. The van der Waals surface area contributed by atoms with Crippen LogP contribution >= 0.6 is 0 Å². The largest absolute Gasteiger partial charge is 0.312 e. The maximum Gasteiger partial charge on any atom is 0.0243 e. The third-order valence-corrected chi connectivity index (χ3v) is 5.21. The van der Waals surface area contributed by atoms with E-state index in [0.717, 1.165) is 23.9 Å². The first-order valence-electron chi connectivity index (χ1n) is 9.26. The van der Waals surface area contributed by atoms with Crippen molar-refractivity contribution in [1.82, 2.24) is 15.1 Å². The highest BCUT2D eigenvalue weighted by Gasteiger charge is 2.26. The van der Waals surface area contributed by atoms with Crippen LogP contribution < -0.4 is 5.32 Å². The van der Waals surface area contributed by atoms with Crippen molar-refractivity contribution in [3.05, 3.63) is 0 Å². The van der Waals surface area contributed by atoms with Crippen LogP contribution in [0.15, 0.2) is 0 Å². The molecule has 1 atom stereocenters. The Hall–Kier alpha value is -0.120. The van der Waals surface area contributed by atoms with Crippen molar-refractivity contribution in [2.24, 2.45) is 11.8 Å². The monoisotopic (exact) mass is 295 g/mol. The van der Waals surface area contributed by atoms with E-state index >= 15 is 0 Å². The summed E-state index contributed by atoms with van der Waals surface area (Å²) in [6.07, 6.45) is 5.46. The summed E-state index contributed by atoms with van der Waals surface area (Å²) in [5.41, 5.74) is 0. The lowest BCUT2D eigenvalue weighted by Crippen LogP contribution is -2.49. The molecule has 2 heterocycles. The predicted molar refractivity (Wildman–Crippen MR) is 91.7 cm³/mol. The minimum atomic E-state index is 0.737. The molecule has 2 fully saturated rings. The Bertz CT molecular complexity index is 276. The molecule has 2 rings (SSSR count). The molecule has 0 aromatic rings. The first-order valence-corrected chi connectivity index (χ1v) is 9.26. The zero-order chi connectivity index (χ0) is 15.2. The van der Waals surface area contributed by atoms with Gasteiger partial charge in [-0.2, -0.15) is 0 Å². The van der Waals surface area contributed by atoms with Crippen molar-refractivity contribution < 1.29 is 0 Å². The Kier molecular flexibility index (Phi) is 6.97. The quantitative estimate of drug-likeness (QED) is 0.779. The summed E-state index contributed by atoms with van der Waals surface area (Å²) in [7, 11) is 0. The van der Waals surface area contributed by atoms with Crippen LogP contribution in [0.5, 0.6) is 0 Å². The van der Waals surface area contributed by atoms with Crippen molar-refractivity contribution in [1.29, 1.82) is 0 Å². The molecule has 0 aromatic heterocycles. The average molecular weight is 296 g/mol. The van der Waals surface area contributed by atoms with Crippen LogP contribution in [0.3, 0.4) is 0 Å². The summed E-state index contributed by atoms with van der Waals surface area (Å²) >= 11 is 0. The van der Waals surface area contributed by atoms with Gasteiger partial charge in [0.2, 0.25) is 0 Å². The fourth-order valence-corrected chi connectivity index (χ4v) is 3.98. The third-order valence-electron chi connectivity index (χ3n) is 5.21. The molecule has 1 N–H and O–H groups in total. The standard InChI is InChI=1S/C18H37N3/c1-15(2)14-20-11-7-17(8-12-20)19-13-18(16(3)4)21-9-5-6-10-21/h15-19H,5-14H2,1-4H3. The summed E-state index contributed by atoms with van der Waals surface area (Å²) in [6.45, 7) is 17.1. The van der Waals surface area contributed by atoms with E-state index in [1.807, 2.05) is 0 Å². The molecule has 2 saturated heterocycles. The summed E-state index contributed by atoms with van der Waals surface area (Å²) in [4.78, 5) is 5.36. The van der Waals surface area contributed by atoms with E-state index < -0.39 is 0 Å². The third kappa shape index (κ3) is 5.54. The van der Waals surface area contributed by atoms with Gasteiger partial charge < -0.3 is 10.2 Å². The predicted octanol–water partition coefficient (Wildman–Crippen LogP) is 2.82. The first-order chi connectivity index (χ1) is 10.1. The molecule has 124 valence electrons. The van der Waals surface area contributed by atoms with Gasteiger partial charge in [-0.25, -0.2) is 0 Å². The van der Waals surface area contributed by atoms with E-state index in [1.54, 1.807) is 0 Å². The van der Waals surface area contributed by atoms with Crippen LogP contribution in [0.25, 0.3) is 0 Å². The average Bonchev–Trinajstić information content (AvgIpc) is 2.94. The fourth-order valence-electron chi connectivity index (χ4n) is 3.98. The van der Waals surface area contributed by atoms with Gasteiger partial charge in [-0.3, -0.25) is 4.90 Å². The number of hydrogen-bond acceptors (Lipinski definition) is 3. The lowest BCUT2D eigenvalue weighted by atomic mass is 10.00. The summed E-state index contributed by atoms with van der Waals surface area (Å²) in [5, 5.41) is 3.89. The zero-order valence-electron chi connectivity index (χ0n) is 14.8.